The molecule has 1 heterocycles. The number of rotatable bonds is 6. The average molecular weight is 195 g/mol. The molecule has 0 aliphatic carbocycles. The molecule has 0 spiro atoms. The highest BCUT2D eigenvalue weighted by Gasteiger charge is 2.12. The van der Waals surface area contributed by atoms with Gasteiger partial charge in [0.15, 0.2) is 0 Å². The van der Waals surface area contributed by atoms with Crippen LogP contribution in [0.4, 0.5) is 0 Å². The molecule has 0 bridgehead atoms. The zero-order valence-corrected chi connectivity index (χ0v) is 8.93. The zero-order valence-electron chi connectivity index (χ0n) is 8.93. The number of hydrogen-bond acceptors (Lipinski definition) is 2. The monoisotopic (exact) mass is 195 g/mol. The Morgan fingerprint density at radius 1 is 1.36 bits per heavy atom. The van der Waals surface area contributed by atoms with E-state index < -0.39 is 0 Å². The molecule has 14 heavy (non-hydrogen) atoms. The summed E-state index contributed by atoms with van der Waals surface area (Å²) in [5.41, 5.74) is 0. The average Bonchev–Trinajstić information content (AvgIpc) is 2.25. The Kier molecular flexibility index (Phi) is 6.47. The van der Waals surface area contributed by atoms with Crippen molar-refractivity contribution < 1.29 is 4.74 Å². The molecule has 2 heteroatoms. The minimum absolute atomic E-state index is 0.455. The van der Waals surface area contributed by atoms with Crippen molar-refractivity contribution in [3.8, 4) is 12.3 Å². The van der Waals surface area contributed by atoms with Crippen LogP contribution in [0.15, 0.2) is 0 Å². The maximum atomic E-state index is 5.61. The number of hydrogen-bond donors (Lipinski definition) is 1. The predicted octanol–water partition coefficient (Wildman–Crippen LogP) is 1.95. The SMILES string of the molecule is C#CCCCCNCC1CCCCO1. The minimum Gasteiger partial charge on any atom is -0.377 e. The van der Waals surface area contributed by atoms with Crippen molar-refractivity contribution in [2.75, 3.05) is 19.7 Å². The molecule has 1 aliphatic rings. The van der Waals surface area contributed by atoms with E-state index in [1.54, 1.807) is 0 Å². The highest BCUT2D eigenvalue weighted by Crippen LogP contribution is 2.11. The Balaban J connectivity index is 1.85. The van der Waals surface area contributed by atoms with E-state index in [4.69, 9.17) is 11.2 Å². The highest BCUT2D eigenvalue weighted by molar-refractivity contribution is 4.82. The molecule has 1 atom stereocenters. The molecule has 0 aromatic heterocycles. The highest BCUT2D eigenvalue weighted by atomic mass is 16.5. The third-order valence-electron chi connectivity index (χ3n) is 2.57. The third-order valence-corrected chi connectivity index (χ3v) is 2.57. The molecule has 1 N–H and O–H groups in total. The number of nitrogens with one attached hydrogen (secondary N) is 1. The van der Waals surface area contributed by atoms with Crippen LogP contribution >= 0.6 is 0 Å². The van der Waals surface area contributed by atoms with Crippen LogP contribution in [0.1, 0.15) is 38.5 Å². The summed E-state index contributed by atoms with van der Waals surface area (Å²) in [5.74, 6) is 2.66. The second kappa shape index (κ2) is 7.84. The summed E-state index contributed by atoms with van der Waals surface area (Å²) >= 11 is 0. The molecule has 0 amide bonds. The summed E-state index contributed by atoms with van der Waals surface area (Å²) in [7, 11) is 0. The Bertz CT molecular complexity index is 168. The van der Waals surface area contributed by atoms with Crippen molar-refractivity contribution in [1.29, 1.82) is 0 Å². The first kappa shape index (κ1) is 11.6. The molecule has 1 rings (SSSR count). The van der Waals surface area contributed by atoms with Crippen LogP contribution in [0, 0.1) is 12.3 Å². The molecule has 1 saturated heterocycles. The van der Waals surface area contributed by atoms with Crippen molar-refractivity contribution >= 4 is 0 Å². The molecule has 0 radical (unpaired) electrons. The Morgan fingerprint density at radius 3 is 3.00 bits per heavy atom. The molecule has 80 valence electrons. The van der Waals surface area contributed by atoms with E-state index in [-0.39, 0.29) is 0 Å². The van der Waals surface area contributed by atoms with Gasteiger partial charge < -0.3 is 10.1 Å². The van der Waals surface area contributed by atoms with Crippen LogP contribution in [0.25, 0.3) is 0 Å². The van der Waals surface area contributed by atoms with E-state index in [9.17, 15) is 0 Å². The van der Waals surface area contributed by atoms with E-state index in [2.05, 4.69) is 11.2 Å². The smallest absolute Gasteiger partial charge is 0.0699 e. The molecular formula is C12H21NO. The van der Waals surface area contributed by atoms with Crippen LogP contribution in [-0.4, -0.2) is 25.8 Å². The molecule has 1 fully saturated rings. The first-order valence-electron chi connectivity index (χ1n) is 5.69. The van der Waals surface area contributed by atoms with Crippen molar-refractivity contribution in [3.63, 3.8) is 0 Å². The van der Waals surface area contributed by atoms with Gasteiger partial charge in [-0.15, -0.1) is 12.3 Å². The Hall–Kier alpha value is -0.520. The van der Waals surface area contributed by atoms with Gasteiger partial charge in [-0.1, -0.05) is 0 Å². The summed E-state index contributed by atoms with van der Waals surface area (Å²) in [5, 5.41) is 3.42. The van der Waals surface area contributed by atoms with Crippen molar-refractivity contribution in [3.05, 3.63) is 0 Å². The number of terminal acetylenes is 1. The van der Waals surface area contributed by atoms with Crippen LogP contribution < -0.4 is 5.32 Å². The van der Waals surface area contributed by atoms with E-state index in [0.29, 0.717) is 6.10 Å². The predicted molar refractivity (Wildman–Crippen MR) is 59.1 cm³/mol. The summed E-state index contributed by atoms with van der Waals surface area (Å²) in [6.45, 7) is 3.03. The van der Waals surface area contributed by atoms with Gasteiger partial charge in [-0.2, -0.15) is 0 Å². The third kappa shape index (κ3) is 5.26. The lowest BCUT2D eigenvalue weighted by Gasteiger charge is -2.22. The van der Waals surface area contributed by atoms with Crippen molar-refractivity contribution in [2.45, 2.75) is 44.6 Å². The number of unbranched alkanes of at least 4 members (excludes halogenated alkanes) is 2. The van der Waals surface area contributed by atoms with Crippen molar-refractivity contribution in [2.24, 2.45) is 0 Å². The van der Waals surface area contributed by atoms with Gasteiger partial charge >= 0.3 is 0 Å². The molecule has 0 saturated carbocycles. The van der Waals surface area contributed by atoms with Gasteiger partial charge in [0.2, 0.25) is 0 Å². The van der Waals surface area contributed by atoms with E-state index in [1.807, 2.05) is 0 Å². The van der Waals surface area contributed by atoms with E-state index >= 15 is 0 Å². The Morgan fingerprint density at radius 2 is 2.29 bits per heavy atom. The van der Waals surface area contributed by atoms with Gasteiger partial charge in [0, 0.05) is 19.6 Å². The van der Waals surface area contributed by atoms with Gasteiger partial charge in [-0.05, 0) is 38.6 Å². The maximum Gasteiger partial charge on any atom is 0.0699 e. The van der Waals surface area contributed by atoms with Gasteiger partial charge in [0.25, 0.3) is 0 Å². The molecule has 1 aliphatic heterocycles. The van der Waals surface area contributed by atoms with Gasteiger partial charge in [-0.25, -0.2) is 0 Å². The topological polar surface area (TPSA) is 21.3 Å². The first-order valence-corrected chi connectivity index (χ1v) is 5.69. The van der Waals surface area contributed by atoms with Crippen LogP contribution in [0.3, 0.4) is 0 Å². The second-order valence-electron chi connectivity index (χ2n) is 3.85. The molecule has 2 nitrogen and oxygen atoms in total. The zero-order chi connectivity index (χ0) is 10.1. The van der Waals surface area contributed by atoms with Gasteiger partial charge in [-0.3, -0.25) is 0 Å². The fourth-order valence-electron chi connectivity index (χ4n) is 1.71. The quantitative estimate of drug-likeness (QED) is 0.516. The fourth-order valence-corrected chi connectivity index (χ4v) is 1.71. The van der Waals surface area contributed by atoms with Gasteiger partial charge in [0.1, 0.15) is 0 Å². The largest absolute Gasteiger partial charge is 0.377 e. The maximum absolute atomic E-state index is 5.61. The second-order valence-corrected chi connectivity index (χ2v) is 3.85. The van der Waals surface area contributed by atoms with Crippen molar-refractivity contribution in [1.82, 2.24) is 5.32 Å². The summed E-state index contributed by atoms with van der Waals surface area (Å²) in [6.07, 6.45) is 12.6. The minimum atomic E-state index is 0.455. The van der Waals surface area contributed by atoms with Crippen LogP contribution in [0.5, 0.6) is 0 Å². The van der Waals surface area contributed by atoms with Crippen LogP contribution in [0.2, 0.25) is 0 Å². The van der Waals surface area contributed by atoms with E-state index in [0.717, 1.165) is 32.5 Å². The Labute approximate surface area is 87.4 Å². The standard InChI is InChI=1S/C12H21NO/c1-2-3-4-6-9-13-11-12-8-5-7-10-14-12/h1,12-13H,3-11H2. The van der Waals surface area contributed by atoms with E-state index in [1.165, 1.54) is 25.7 Å². The fraction of sp³-hybridized carbons (Fsp3) is 0.833. The molecule has 0 aromatic rings. The molecule has 0 aromatic carbocycles. The molecule has 1 unspecified atom stereocenters. The normalized spacial score (nSPS) is 21.8. The molecular weight excluding hydrogens is 174 g/mol. The summed E-state index contributed by atoms with van der Waals surface area (Å²) in [6, 6.07) is 0. The first-order chi connectivity index (χ1) is 6.93. The lowest BCUT2D eigenvalue weighted by Crippen LogP contribution is -2.32. The van der Waals surface area contributed by atoms with Crippen LogP contribution in [-0.2, 0) is 4.74 Å². The summed E-state index contributed by atoms with van der Waals surface area (Å²) in [4.78, 5) is 0. The lowest BCUT2D eigenvalue weighted by molar-refractivity contribution is 0.0170. The summed E-state index contributed by atoms with van der Waals surface area (Å²) < 4.78 is 5.61. The lowest BCUT2D eigenvalue weighted by atomic mass is 10.1. The number of ether oxygens (including phenoxy) is 1. The van der Waals surface area contributed by atoms with Gasteiger partial charge in [0.05, 0.1) is 6.10 Å².